The van der Waals surface area contributed by atoms with Gasteiger partial charge in [-0.25, -0.2) is 4.98 Å². The summed E-state index contributed by atoms with van der Waals surface area (Å²) < 4.78 is 0. The van der Waals surface area contributed by atoms with Gasteiger partial charge in [-0.15, -0.1) is 0 Å². The second kappa shape index (κ2) is 8.85. The van der Waals surface area contributed by atoms with E-state index in [-0.39, 0.29) is 0 Å². The van der Waals surface area contributed by atoms with Gasteiger partial charge in [0, 0.05) is 24.3 Å². The molecule has 1 atom stereocenters. The lowest BCUT2D eigenvalue weighted by atomic mass is 9.91. The molecule has 0 spiro atoms. The first-order chi connectivity index (χ1) is 10.1. The second-order valence-corrected chi connectivity index (χ2v) is 5.77. The molecule has 1 unspecified atom stereocenters. The Labute approximate surface area is 130 Å². The number of anilines is 2. The molecule has 120 valence electrons. The average molecular weight is 292 g/mol. The van der Waals surface area contributed by atoms with Crippen LogP contribution in [0.1, 0.15) is 64.6 Å². The number of nitrogen functional groups attached to an aromatic ring is 1. The van der Waals surface area contributed by atoms with Gasteiger partial charge in [-0.2, -0.15) is 4.98 Å². The Morgan fingerprint density at radius 1 is 1.10 bits per heavy atom. The van der Waals surface area contributed by atoms with Crippen molar-refractivity contribution in [2.45, 2.75) is 66.7 Å². The molecule has 0 saturated carbocycles. The van der Waals surface area contributed by atoms with Crippen LogP contribution < -0.4 is 10.6 Å². The van der Waals surface area contributed by atoms with E-state index in [1.54, 1.807) is 0 Å². The Bertz CT molecular complexity index is 404. The first-order valence-electron chi connectivity index (χ1n) is 8.45. The zero-order valence-electron chi connectivity index (χ0n) is 14.4. The summed E-state index contributed by atoms with van der Waals surface area (Å²) in [6.45, 7) is 12.6. The number of unbranched alkanes of at least 4 members (excludes halogenated alkanes) is 1. The van der Waals surface area contributed by atoms with E-state index in [1.165, 1.54) is 25.7 Å². The highest BCUT2D eigenvalue weighted by Crippen LogP contribution is 2.25. The molecule has 4 heteroatoms. The lowest BCUT2D eigenvalue weighted by Crippen LogP contribution is -2.25. The van der Waals surface area contributed by atoms with Gasteiger partial charge < -0.3 is 10.6 Å². The van der Waals surface area contributed by atoms with Gasteiger partial charge >= 0.3 is 0 Å². The predicted molar refractivity (Wildman–Crippen MR) is 91.8 cm³/mol. The van der Waals surface area contributed by atoms with E-state index >= 15 is 0 Å². The van der Waals surface area contributed by atoms with Crippen molar-refractivity contribution >= 4 is 11.8 Å². The van der Waals surface area contributed by atoms with Gasteiger partial charge in [0.25, 0.3) is 0 Å². The van der Waals surface area contributed by atoms with E-state index in [1.807, 2.05) is 0 Å². The van der Waals surface area contributed by atoms with Gasteiger partial charge in [0.15, 0.2) is 0 Å². The summed E-state index contributed by atoms with van der Waals surface area (Å²) in [6, 6.07) is 0. The molecule has 0 bridgehead atoms. The van der Waals surface area contributed by atoms with Crippen LogP contribution in [0.15, 0.2) is 0 Å². The van der Waals surface area contributed by atoms with Crippen LogP contribution in [-0.4, -0.2) is 23.1 Å². The molecular formula is C17H32N4. The summed E-state index contributed by atoms with van der Waals surface area (Å²) in [6.07, 6.45) is 6.01. The summed E-state index contributed by atoms with van der Waals surface area (Å²) in [4.78, 5) is 11.4. The summed E-state index contributed by atoms with van der Waals surface area (Å²) >= 11 is 0. The van der Waals surface area contributed by atoms with Gasteiger partial charge in [0.1, 0.15) is 5.82 Å². The summed E-state index contributed by atoms with van der Waals surface area (Å²) in [5.41, 5.74) is 8.41. The van der Waals surface area contributed by atoms with Gasteiger partial charge in [-0.3, -0.25) is 0 Å². The van der Waals surface area contributed by atoms with Crippen molar-refractivity contribution in [1.82, 2.24) is 9.97 Å². The van der Waals surface area contributed by atoms with Gasteiger partial charge in [-0.1, -0.05) is 39.5 Å². The third-order valence-corrected chi connectivity index (χ3v) is 4.32. The number of hydrogen-bond donors (Lipinski definition) is 1. The average Bonchev–Trinajstić information content (AvgIpc) is 2.47. The standard InChI is InChI=1S/C17H32N4/c1-6-10-11-14(7-2)12-15-13(5)19-17(20-16(15)18)21(8-3)9-4/h14H,6-12H2,1-5H3,(H2,18,19,20). The summed E-state index contributed by atoms with van der Waals surface area (Å²) in [5.74, 6) is 2.12. The van der Waals surface area contributed by atoms with Crippen molar-refractivity contribution in [1.29, 1.82) is 0 Å². The van der Waals surface area contributed by atoms with Crippen LogP contribution in [0.3, 0.4) is 0 Å². The fraction of sp³-hybridized carbons (Fsp3) is 0.765. The molecule has 0 radical (unpaired) electrons. The maximum atomic E-state index is 6.22. The minimum atomic E-state index is 0.666. The molecule has 2 N–H and O–H groups in total. The van der Waals surface area contributed by atoms with E-state index < -0.39 is 0 Å². The van der Waals surface area contributed by atoms with Crippen LogP contribution in [0.4, 0.5) is 11.8 Å². The molecule has 0 aromatic carbocycles. The van der Waals surface area contributed by atoms with E-state index in [2.05, 4.69) is 49.5 Å². The van der Waals surface area contributed by atoms with E-state index in [0.29, 0.717) is 11.7 Å². The largest absolute Gasteiger partial charge is 0.383 e. The molecule has 4 nitrogen and oxygen atoms in total. The lowest BCUT2D eigenvalue weighted by Gasteiger charge is -2.22. The molecule has 0 aliphatic carbocycles. The van der Waals surface area contributed by atoms with E-state index in [9.17, 15) is 0 Å². The fourth-order valence-electron chi connectivity index (χ4n) is 2.74. The molecule has 0 fully saturated rings. The molecule has 1 rings (SSSR count). The predicted octanol–water partition coefficient (Wildman–Crippen LogP) is 3.97. The quantitative estimate of drug-likeness (QED) is 0.748. The minimum Gasteiger partial charge on any atom is -0.383 e. The number of aryl methyl sites for hydroxylation is 1. The van der Waals surface area contributed by atoms with Crippen LogP contribution >= 0.6 is 0 Å². The Balaban J connectivity index is 2.93. The number of nitrogens with zero attached hydrogens (tertiary/aromatic N) is 3. The first-order valence-corrected chi connectivity index (χ1v) is 8.45. The Morgan fingerprint density at radius 3 is 2.24 bits per heavy atom. The first kappa shape index (κ1) is 17.7. The Kier molecular flexibility index (Phi) is 7.48. The number of rotatable bonds is 9. The minimum absolute atomic E-state index is 0.666. The topological polar surface area (TPSA) is 55.0 Å². The maximum Gasteiger partial charge on any atom is 0.227 e. The SMILES string of the molecule is CCCCC(CC)Cc1c(C)nc(N(CC)CC)nc1N. The van der Waals surface area contributed by atoms with Crippen molar-refractivity contribution < 1.29 is 0 Å². The van der Waals surface area contributed by atoms with Gasteiger partial charge in [0.05, 0.1) is 0 Å². The van der Waals surface area contributed by atoms with Crippen molar-refractivity contribution in [3.63, 3.8) is 0 Å². The van der Waals surface area contributed by atoms with Crippen molar-refractivity contribution in [2.75, 3.05) is 23.7 Å². The van der Waals surface area contributed by atoms with E-state index in [0.717, 1.165) is 36.7 Å². The fourth-order valence-corrected chi connectivity index (χ4v) is 2.74. The smallest absolute Gasteiger partial charge is 0.227 e. The normalized spacial score (nSPS) is 12.4. The third kappa shape index (κ3) is 4.87. The molecule has 21 heavy (non-hydrogen) atoms. The number of aromatic nitrogens is 2. The Hall–Kier alpha value is -1.32. The second-order valence-electron chi connectivity index (χ2n) is 5.77. The third-order valence-electron chi connectivity index (χ3n) is 4.32. The van der Waals surface area contributed by atoms with Crippen LogP contribution in [0.2, 0.25) is 0 Å². The van der Waals surface area contributed by atoms with Crippen molar-refractivity contribution in [2.24, 2.45) is 5.92 Å². The molecule has 1 aromatic heterocycles. The highest BCUT2D eigenvalue weighted by Gasteiger charge is 2.16. The molecule has 1 aromatic rings. The Morgan fingerprint density at radius 2 is 1.76 bits per heavy atom. The highest BCUT2D eigenvalue weighted by molar-refractivity contribution is 5.48. The van der Waals surface area contributed by atoms with Crippen LogP contribution in [0, 0.1) is 12.8 Å². The zero-order valence-corrected chi connectivity index (χ0v) is 14.4. The lowest BCUT2D eigenvalue weighted by molar-refractivity contribution is 0.448. The molecule has 0 amide bonds. The molecular weight excluding hydrogens is 260 g/mol. The van der Waals surface area contributed by atoms with Gasteiger partial charge in [-0.05, 0) is 33.1 Å². The summed E-state index contributed by atoms with van der Waals surface area (Å²) in [7, 11) is 0. The molecule has 1 heterocycles. The number of nitrogens with two attached hydrogens (primary N) is 1. The van der Waals surface area contributed by atoms with E-state index in [4.69, 9.17) is 5.73 Å². The van der Waals surface area contributed by atoms with Crippen LogP contribution in [0.5, 0.6) is 0 Å². The molecule has 0 aliphatic rings. The van der Waals surface area contributed by atoms with Crippen molar-refractivity contribution in [3.8, 4) is 0 Å². The monoisotopic (exact) mass is 292 g/mol. The highest BCUT2D eigenvalue weighted by atomic mass is 15.3. The van der Waals surface area contributed by atoms with Gasteiger partial charge in [0.2, 0.25) is 5.95 Å². The van der Waals surface area contributed by atoms with Crippen LogP contribution in [0.25, 0.3) is 0 Å². The zero-order chi connectivity index (χ0) is 15.8. The molecule has 0 aliphatic heterocycles. The number of hydrogen-bond acceptors (Lipinski definition) is 4. The van der Waals surface area contributed by atoms with Crippen LogP contribution in [-0.2, 0) is 6.42 Å². The maximum absolute atomic E-state index is 6.22. The summed E-state index contributed by atoms with van der Waals surface area (Å²) in [5, 5.41) is 0. The molecule has 0 saturated heterocycles. The van der Waals surface area contributed by atoms with Crippen molar-refractivity contribution in [3.05, 3.63) is 11.3 Å².